The summed E-state index contributed by atoms with van der Waals surface area (Å²) >= 11 is 0. The SMILES string of the molecule is CC1=C(C(=O)OC[C@H]2CCCO2)[C@@H](c2cccc([N+](=O)[O-])c2)NC(=O)N1. The Labute approximate surface area is 149 Å². The van der Waals surface area contributed by atoms with E-state index in [4.69, 9.17) is 9.47 Å². The van der Waals surface area contributed by atoms with Crippen LogP contribution in [0.25, 0.3) is 0 Å². The largest absolute Gasteiger partial charge is 0.459 e. The third-order valence-electron chi connectivity index (χ3n) is 4.33. The highest BCUT2D eigenvalue weighted by molar-refractivity contribution is 5.95. The molecule has 26 heavy (non-hydrogen) atoms. The number of rotatable bonds is 5. The summed E-state index contributed by atoms with van der Waals surface area (Å²) in [5, 5.41) is 16.2. The van der Waals surface area contributed by atoms with Crippen molar-refractivity contribution in [2.45, 2.75) is 31.9 Å². The van der Waals surface area contributed by atoms with E-state index in [9.17, 15) is 19.7 Å². The Morgan fingerprint density at radius 1 is 1.46 bits per heavy atom. The second-order valence-corrected chi connectivity index (χ2v) is 6.16. The van der Waals surface area contributed by atoms with Gasteiger partial charge in [-0.3, -0.25) is 10.1 Å². The number of benzene rings is 1. The number of nitrogens with one attached hydrogen (secondary N) is 2. The number of hydrogen-bond donors (Lipinski definition) is 2. The molecule has 2 heterocycles. The van der Waals surface area contributed by atoms with Crippen molar-refractivity contribution in [1.82, 2.24) is 10.6 Å². The Morgan fingerprint density at radius 2 is 2.27 bits per heavy atom. The minimum Gasteiger partial charge on any atom is -0.459 e. The molecule has 9 heteroatoms. The average Bonchev–Trinajstić information content (AvgIpc) is 3.12. The molecule has 2 atom stereocenters. The highest BCUT2D eigenvalue weighted by Gasteiger charge is 2.33. The fourth-order valence-electron chi connectivity index (χ4n) is 3.05. The Kier molecular flexibility index (Phi) is 5.17. The summed E-state index contributed by atoms with van der Waals surface area (Å²) in [4.78, 5) is 35.0. The molecule has 138 valence electrons. The zero-order valence-electron chi connectivity index (χ0n) is 14.2. The van der Waals surface area contributed by atoms with E-state index in [1.807, 2.05) is 0 Å². The summed E-state index contributed by atoms with van der Waals surface area (Å²) in [5.74, 6) is -0.595. The number of non-ortho nitro benzene ring substituents is 1. The number of carbonyl (C=O) groups is 2. The lowest BCUT2D eigenvalue weighted by atomic mass is 9.95. The van der Waals surface area contributed by atoms with Crippen molar-refractivity contribution in [3.8, 4) is 0 Å². The van der Waals surface area contributed by atoms with Crippen LogP contribution in [0, 0.1) is 10.1 Å². The third kappa shape index (κ3) is 3.83. The summed E-state index contributed by atoms with van der Waals surface area (Å²) < 4.78 is 10.8. The summed E-state index contributed by atoms with van der Waals surface area (Å²) in [5.41, 5.74) is 0.864. The molecule has 0 radical (unpaired) electrons. The first-order valence-electron chi connectivity index (χ1n) is 8.27. The van der Waals surface area contributed by atoms with E-state index >= 15 is 0 Å². The molecular weight excluding hydrogens is 342 g/mol. The number of carbonyl (C=O) groups excluding carboxylic acids is 2. The Balaban J connectivity index is 1.85. The van der Waals surface area contributed by atoms with Crippen LogP contribution < -0.4 is 10.6 Å². The molecular formula is C17H19N3O6. The zero-order chi connectivity index (χ0) is 18.7. The van der Waals surface area contributed by atoms with Crippen LogP contribution in [0.3, 0.4) is 0 Å². The van der Waals surface area contributed by atoms with Crippen LogP contribution in [-0.2, 0) is 14.3 Å². The number of nitrogens with zero attached hydrogens (tertiary/aromatic N) is 1. The van der Waals surface area contributed by atoms with E-state index in [0.29, 0.717) is 17.9 Å². The van der Waals surface area contributed by atoms with Gasteiger partial charge in [-0.1, -0.05) is 12.1 Å². The molecule has 2 aliphatic heterocycles. The topological polar surface area (TPSA) is 120 Å². The van der Waals surface area contributed by atoms with E-state index in [1.165, 1.54) is 18.2 Å². The molecule has 2 amide bonds. The smallest absolute Gasteiger partial charge is 0.338 e. The third-order valence-corrected chi connectivity index (χ3v) is 4.33. The number of urea groups is 1. The molecule has 9 nitrogen and oxygen atoms in total. The first kappa shape index (κ1) is 17.9. The fraction of sp³-hybridized carbons (Fsp3) is 0.412. The first-order chi connectivity index (χ1) is 12.5. The second-order valence-electron chi connectivity index (χ2n) is 6.16. The Morgan fingerprint density at radius 3 is 2.96 bits per heavy atom. The van der Waals surface area contributed by atoms with Crippen molar-refractivity contribution in [3.05, 3.63) is 51.2 Å². The summed E-state index contributed by atoms with van der Waals surface area (Å²) in [6, 6.07) is 4.47. The van der Waals surface area contributed by atoms with Crippen molar-refractivity contribution < 1.29 is 24.0 Å². The van der Waals surface area contributed by atoms with Gasteiger partial charge in [0.1, 0.15) is 6.61 Å². The van der Waals surface area contributed by atoms with Gasteiger partial charge in [-0.25, -0.2) is 9.59 Å². The highest BCUT2D eigenvalue weighted by atomic mass is 16.6. The maximum Gasteiger partial charge on any atom is 0.338 e. The average molecular weight is 361 g/mol. The quantitative estimate of drug-likeness (QED) is 0.470. The molecule has 0 aromatic heterocycles. The lowest BCUT2D eigenvalue weighted by Gasteiger charge is -2.28. The van der Waals surface area contributed by atoms with Crippen molar-refractivity contribution in [3.63, 3.8) is 0 Å². The molecule has 2 N–H and O–H groups in total. The van der Waals surface area contributed by atoms with Crippen LogP contribution >= 0.6 is 0 Å². The molecule has 1 saturated heterocycles. The number of ether oxygens (including phenoxy) is 2. The van der Waals surface area contributed by atoms with Gasteiger partial charge in [0.25, 0.3) is 5.69 Å². The van der Waals surface area contributed by atoms with Crippen LogP contribution in [0.1, 0.15) is 31.4 Å². The summed E-state index contributed by atoms with van der Waals surface area (Å²) in [7, 11) is 0. The van der Waals surface area contributed by atoms with Crippen LogP contribution in [0.4, 0.5) is 10.5 Å². The Hall–Kier alpha value is -2.94. The molecule has 0 unspecified atom stereocenters. The maximum atomic E-state index is 12.6. The lowest BCUT2D eigenvalue weighted by Crippen LogP contribution is -2.45. The second kappa shape index (κ2) is 7.52. The highest BCUT2D eigenvalue weighted by Crippen LogP contribution is 2.29. The molecule has 0 bridgehead atoms. The van der Waals surface area contributed by atoms with E-state index < -0.39 is 23.0 Å². The van der Waals surface area contributed by atoms with Gasteiger partial charge in [-0.2, -0.15) is 0 Å². The van der Waals surface area contributed by atoms with Crippen LogP contribution in [0.15, 0.2) is 35.5 Å². The van der Waals surface area contributed by atoms with E-state index in [1.54, 1.807) is 13.0 Å². The number of nitro groups is 1. The van der Waals surface area contributed by atoms with Crippen molar-refractivity contribution in [1.29, 1.82) is 0 Å². The van der Waals surface area contributed by atoms with Crippen LogP contribution in [0.5, 0.6) is 0 Å². The van der Waals surface area contributed by atoms with Gasteiger partial charge in [0.2, 0.25) is 0 Å². The van der Waals surface area contributed by atoms with Crippen molar-refractivity contribution in [2.24, 2.45) is 0 Å². The van der Waals surface area contributed by atoms with E-state index in [2.05, 4.69) is 10.6 Å². The summed E-state index contributed by atoms with van der Waals surface area (Å²) in [6.45, 7) is 2.37. The zero-order valence-corrected chi connectivity index (χ0v) is 14.2. The van der Waals surface area contributed by atoms with Gasteiger partial charge >= 0.3 is 12.0 Å². The number of allylic oxidation sites excluding steroid dienone is 1. The number of amides is 2. The molecule has 0 aliphatic carbocycles. The molecule has 1 fully saturated rings. The van der Waals surface area contributed by atoms with Crippen molar-refractivity contribution >= 4 is 17.7 Å². The van der Waals surface area contributed by atoms with Gasteiger partial charge in [-0.15, -0.1) is 0 Å². The van der Waals surface area contributed by atoms with Gasteiger partial charge in [-0.05, 0) is 25.3 Å². The predicted molar refractivity (Wildman–Crippen MR) is 90.1 cm³/mol. The lowest BCUT2D eigenvalue weighted by molar-refractivity contribution is -0.384. The molecule has 3 rings (SSSR count). The monoisotopic (exact) mass is 361 g/mol. The van der Waals surface area contributed by atoms with Gasteiger partial charge < -0.3 is 20.1 Å². The molecule has 2 aliphatic rings. The number of hydrogen-bond acceptors (Lipinski definition) is 6. The van der Waals surface area contributed by atoms with Gasteiger partial charge in [0.05, 0.1) is 22.6 Å². The van der Waals surface area contributed by atoms with Crippen LogP contribution in [-0.4, -0.2) is 36.2 Å². The number of esters is 1. The van der Waals surface area contributed by atoms with Crippen molar-refractivity contribution in [2.75, 3.05) is 13.2 Å². The standard InChI is InChI=1S/C17H19N3O6/c1-10-14(16(21)26-9-13-6-3-7-25-13)15(19-17(22)18-10)11-4-2-5-12(8-11)20(23)24/h2,4-5,8,13,15H,3,6-7,9H2,1H3,(H2,18,19,22)/t13-,15-/m1/s1. The molecule has 0 spiro atoms. The maximum absolute atomic E-state index is 12.6. The molecule has 1 aromatic rings. The van der Waals surface area contributed by atoms with Gasteiger partial charge in [0.15, 0.2) is 0 Å². The van der Waals surface area contributed by atoms with Gasteiger partial charge in [0, 0.05) is 24.4 Å². The fourth-order valence-corrected chi connectivity index (χ4v) is 3.05. The predicted octanol–water partition coefficient (Wildman–Crippen LogP) is 1.94. The minimum atomic E-state index is -0.833. The normalized spacial score (nSPS) is 22.6. The van der Waals surface area contributed by atoms with Crippen LogP contribution in [0.2, 0.25) is 0 Å². The summed E-state index contributed by atoms with van der Waals surface area (Å²) in [6.07, 6.45) is 1.63. The Bertz CT molecular complexity index is 770. The molecule has 0 saturated carbocycles. The van der Waals surface area contributed by atoms with E-state index in [-0.39, 0.29) is 24.0 Å². The van der Waals surface area contributed by atoms with E-state index in [0.717, 1.165) is 12.8 Å². The minimum absolute atomic E-state index is 0.123. The molecule has 1 aromatic carbocycles. The number of nitro benzene ring substituents is 1. The first-order valence-corrected chi connectivity index (χ1v) is 8.27.